The summed E-state index contributed by atoms with van der Waals surface area (Å²) in [5, 5.41) is 16.2. The second kappa shape index (κ2) is 6.55. The minimum Gasteiger partial charge on any atom is -0.338 e. The summed E-state index contributed by atoms with van der Waals surface area (Å²) in [6.07, 6.45) is 0. The van der Waals surface area contributed by atoms with Crippen molar-refractivity contribution in [3.05, 3.63) is 63.8 Å². The quantitative estimate of drug-likeness (QED) is 0.752. The smallest absolute Gasteiger partial charge is 0.266 e. The first-order chi connectivity index (χ1) is 10.7. The number of benzene rings is 1. The number of hydrogen-bond donors (Lipinski definition) is 2. The van der Waals surface area contributed by atoms with Gasteiger partial charge in [0.25, 0.3) is 5.91 Å². The molecule has 2 N–H and O–H groups in total. The molecule has 0 saturated heterocycles. The Morgan fingerprint density at radius 2 is 1.77 bits per heavy atom. The van der Waals surface area contributed by atoms with Crippen LogP contribution in [0.3, 0.4) is 0 Å². The van der Waals surface area contributed by atoms with Crippen LogP contribution in [0.15, 0.2) is 53.9 Å². The molecule has 0 radical (unpaired) electrons. The second-order valence-electron chi connectivity index (χ2n) is 4.34. The van der Waals surface area contributed by atoms with Gasteiger partial charge in [-0.3, -0.25) is 4.79 Å². The lowest BCUT2D eigenvalue weighted by atomic mass is 10.3. The van der Waals surface area contributed by atoms with Crippen LogP contribution in [0.5, 0.6) is 0 Å². The molecule has 5 nitrogen and oxygen atoms in total. The zero-order valence-electron chi connectivity index (χ0n) is 11.3. The maximum absolute atomic E-state index is 11.9. The Balaban J connectivity index is 1.68. The molecule has 0 atom stereocenters. The third kappa shape index (κ3) is 3.41. The molecular weight excluding hydrogens is 320 g/mol. The predicted octanol–water partition coefficient (Wildman–Crippen LogP) is 4.19. The fraction of sp³-hybridized carbons (Fsp3) is 0. The number of hydrogen-bond acceptors (Lipinski definition) is 5. The monoisotopic (exact) mass is 330 g/mol. The molecule has 3 aromatic rings. The number of nitrogens with one attached hydrogen (secondary N) is 2. The van der Waals surface area contributed by atoms with E-state index in [4.69, 9.17) is 11.6 Å². The highest BCUT2D eigenvalue weighted by atomic mass is 35.5. The summed E-state index contributed by atoms with van der Waals surface area (Å²) in [6, 6.07) is 14.3. The van der Waals surface area contributed by atoms with Gasteiger partial charge in [-0.05, 0) is 35.7 Å². The van der Waals surface area contributed by atoms with Crippen molar-refractivity contribution in [3.63, 3.8) is 0 Å². The maximum Gasteiger partial charge on any atom is 0.266 e. The number of aromatic nitrogens is 2. The van der Waals surface area contributed by atoms with E-state index in [9.17, 15) is 4.79 Å². The number of amides is 1. The van der Waals surface area contributed by atoms with E-state index in [0.717, 1.165) is 5.69 Å². The highest BCUT2D eigenvalue weighted by Crippen LogP contribution is 2.23. The van der Waals surface area contributed by atoms with Crippen LogP contribution in [0.4, 0.5) is 17.3 Å². The van der Waals surface area contributed by atoms with Gasteiger partial charge in [0.2, 0.25) is 0 Å². The molecule has 2 heterocycles. The largest absolute Gasteiger partial charge is 0.338 e. The molecule has 0 aliphatic carbocycles. The third-order valence-electron chi connectivity index (χ3n) is 2.79. The van der Waals surface area contributed by atoms with Crippen molar-refractivity contribution in [2.24, 2.45) is 0 Å². The molecule has 22 heavy (non-hydrogen) atoms. The lowest BCUT2D eigenvalue weighted by molar-refractivity contribution is 0.103. The normalized spacial score (nSPS) is 10.2. The summed E-state index contributed by atoms with van der Waals surface area (Å²) in [7, 11) is 0. The van der Waals surface area contributed by atoms with Gasteiger partial charge in [0, 0.05) is 0 Å². The molecule has 0 saturated carbocycles. The Hall–Kier alpha value is -2.44. The van der Waals surface area contributed by atoms with Crippen molar-refractivity contribution in [1.29, 1.82) is 0 Å². The van der Waals surface area contributed by atoms with Crippen molar-refractivity contribution < 1.29 is 4.79 Å². The molecular formula is C15H11ClN4OS. The van der Waals surface area contributed by atoms with Gasteiger partial charge < -0.3 is 10.6 Å². The Kier molecular flexibility index (Phi) is 4.32. The van der Waals surface area contributed by atoms with E-state index in [1.165, 1.54) is 11.3 Å². The Morgan fingerprint density at radius 3 is 2.45 bits per heavy atom. The van der Waals surface area contributed by atoms with Crippen molar-refractivity contribution in [2.45, 2.75) is 0 Å². The average molecular weight is 331 g/mol. The number of rotatable bonds is 4. The number of thiophene rings is 1. The second-order valence-corrected chi connectivity index (χ2v) is 5.69. The predicted molar refractivity (Wildman–Crippen MR) is 89.0 cm³/mol. The van der Waals surface area contributed by atoms with Crippen LogP contribution in [0, 0.1) is 0 Å². The number of para-hydroxylation sites is 1. The number of carbonyl (C=O) groups excluding carboxylic acids is 1. The van der Waals surface area contributed by atoms with Gasteiger partial charge in [-0.2, -0.15) is 0 Å². The summed E-state index contributed by atoms with van der Waals surface area (Å²) in [5.74, 6) is 0.737. The number of nitrogens with zero attached hydrogens (tertiary/aromatic N) is 2. The molecule has 0 aliphatic heterocycles. The first-order valence-electron chi connectivity index (χ1n) is 6.42. The molecule has 7 heteroatoms. The van der Waals surface area contributed by atoms with E-state index in [0.29, 0.717) is 21.5 Å². The summed E-state index contributed by atoms with van der Waals surface area (Å²) in [6.45, 7) is 0. The summed E-state index contributed by atoms with van der Waals surface area (Å²) < 4.78 is 0. The average Bonchev–Trinajstić information content (AvgIpc) is 3.06. The number of carbonyl (C=O) groups is 1. The summed E-state index contributed by atoms with van der Waals surface area (Å²) in [4.78, 5) is 12.5. The number of anilines is 3. The summed E-state index contributed by atoms with van der Waals surface area (Å²) >= 11 is 7.43. The van der Waals surface area contributed by atoms with Crippen LogP contribution in [0.1, 0.15) is 9.67 Å². The van der Waals surface area contributed by atoms with E-state index in [2.05, 4.69) is 20.8 Å². The first kappa shape index (κ1) is 14.5. The van der Waals surface area contributed by atoms with E-state index in [-0.39, 0.29) is 5.91 Å². The van der Waals surface area contributed by atoms with Crippen LogP contribution >= 0.6 is 22.9 Å². The molecule has 110 valence electrons. The van der Waals surface area contributed by atoms with Crippen LogP contribution < -0.4 is 10.6 Å². The lowest BCUT2D eigenvalue weighted by Crippen LogP contribution is -2.12. The van der Waals surface area contributed by atoms with E-state index in [1.807, 2.05) is 29.6 Å². The fourth-order valence-electron chi connectivity index (χ4n) is 1.75. The highest BCUT2D eigenvalue weighted by Gasteiger charge is 2.08. The Bertz CT molecular complexity index is 775. The van der Waals surface area contributed by atoms with Gasteiger partial charge in [0.15, 0.2) is 11.6 Å². The Labute approximate surface area is 136 Å². The molecule has 1 aromatic carbocycles. The minimum atomic E-state index is -0.198. The molecule has 0 unspecified atom stereocenters. The van der Waals surface area contributed by atoms with E-state index >= 15 is 0 Å². The first-order valence-corrected chi connectivity index (χ1v) is 7.68. The fourth-order valence-corrected chi connectivity index (χ4v) is 2.55. The zero-order chi connectivity index (χ0) is 15.4. The molecule has 0 bridgehead atoms. The standard InChI is InChI=1S/C15H11ClN4OS/c16-10-4-1-2-5-11(10)17-13-7-8-14(20-19-13)18-15(21)12-6-3-9-22-12/h1-9H,(H,17,19)(H,18,20,21). The van der Waals surface area contributed by atoms with Gasteiger partial charge in [-0.1, -0.05) is 29.8 Å². The zero-order valence-corrected chi connectivity index (χ0v) is 12.9. The molecule has 1 amide bonds. The van der Waals surface area contributed by atoms with Gasteiger partial charge in [-0.25, -0.2) is 0 Å². The van der Waals surface area contributed by atoms with Gasteiger partial charge in [0.1, 0.15) is 0 Å². The highest BCUT2D eigenvalue weighted by molar-refractivity contribution is 7.12. The molecule has 0 aliphatic rings. The maximum atomic E-state index is 11.9. The van der Waals surface area contributed by atoms with Crippen LogP contribution in [0.2, 0.25) is 5.02 Å². The van der Waals surface area contributed by atoms with Crippen LogP contribution in [-0.2, 0) is 0 Å². The molecule has 3 rings (SSSR count). The van der Waals surface area contributed by atoms with Gasteiger partial charge in [-0.15, -0.1) is 21.5 Å². The van der Waals surface area contributed by atoms with Crippen molar-refractivity contribution in [1.82, 2.24) is 10.2 Å². The van der Waals surface area contributed by atoms with Gasteiger partial charge >= 0.3 is 0 Å². The third-order valence-corrected chi connectivity index (χ3v) is 3.99. The van der Waals surface area contributed by atoms with E-state index in [1.54, 1.807) is 24.3 Å². The van der Waals surface area contributed by atoms with Crippen molar-refractivity contribution in [2.75, 3.05) is 10.6 Å². The lowest BCUT2D eigenvalue weighted by Gasteiger charge is -2.07. The van der Waals surface area contributed by atoms with Crippen molar-refractivity contribution in [3.8, 4) is 0 Å². The molecule has 0 fully saturated rings. The topological polar surface area (TPSA) is 66.9 Å². The molecule has 2 aromatic heterocycles. The molecule has 0 spiro atoms. The van der Waals surface area contributed by atoms with Crippen molar-refractivity contribution >= 4 is 46.2 Å². The Morgan fingerprint density at radius 1 is 1.00 bits per heavy atom. The van der Waals surface area contributed by atoms with Crippen LogP contribution in [0.25, 0.3) is 0 Å². The summed E-state index contributed by atoms with van der Waals surface area (Å²) in [5.41, 5.74) is 0.744. The minimum absolute atomic E-state index is 0.198. The van der Waals surface area contributed by atoms with E-state index < -0.39 is 0 Å². The SMILES string of the molecule is O=C(Nc1ccc(Nc2ccccc2Cl)nn1)c1cccs1. The van der Waals surface area contributed by atoms with Crippen LogP contribution in [-0.4, -0.2) is 16.1 Å². The van der Waals surface area contributed by atoms with Gasteiger partial charge in [0.05, 0.1) is 15.6 Å². The number of halogens is 1.